The number of imidazole rings is 1. The molecule has 0 saturated heterocycles. The molecule has 0 unspecified atom stereocenters. The Morgan fingerprint density at radius 1 is 1.30 bits per heavy atom. The lowest BCUT2D eigenvalue weighted by Gasteiger charge is -2.19. The molecule has 1 aliphatic rings. The summed E-state index contributed by atoms with van der Waals surface area (Å²) in [5, 5.41) is 0. The van der Waals surface area contributed by atoms with Gasteiger partial charge < -0.3 is 13.7 Å². The molecule has 0 radical (unpaired) electrons. The maximum Gasteiger partial charge on any atom is 0.117 e. The average molecular weight is 318 g/mol. The topological polar surface area (TPSA) is 46.7 Å². The third kappa shape index (κ3) is 4.22. The summed E-state index contributed by atoms with van der Waals surface area (Å²) in [4.78, 5) is 9.35. The van der Waals surface area contributed by atoms with Gasteiger partial charge in [0.2, 0.25) is 0 Å². The van der Waals surface area contributed by atoms with Gasteiger partial charge in [0, 0.05) is 52.5 Å². The Labute approximate surface area is 137 Å². The molecule has 2 aromatic heterocycles. The van der Waals surface area contributed by atoms with E-state index in [4.69, 9.17) is 9.15 Å². The lowest BCUT2D eigenvalue weighted by Crippen LogP contribution is -2.30. The number of ether oxygens (including phenoxy) is 1. The highest BCUT2D eigenvalue weighted by Gasteiger charge is 2.18. The Balaban J connectivity index is 1.59. The highest BCUT2D eigenvalue weighted by Crippen LogP contribution is 2.14. The molecule has 6 nitrogen and oxygen atoms in total. The largest absolute Gasteiger partial charge is 0.468 e. The lowest BCUT2D eigenvalue weighted by atomic mass is 10.3. The molecular formula is C17H26N4O2. The van der Waals surface area contributed by atoms with Gasteiger partial charge in [0.15, 0.2) is 0 Å². The molecule has 0 atom stereocenters. The van der Waals surface area contributed by atoms with E-state index in [1.807, 2.05) is 18.3 Å². The van der Waals surface area contributed by atoms with Gasteiger partial charge in [-0.1, -0.05) is 0 Å². The molecular weight excluding hydrogens is 292 g/mol. The zero-order valence-electron chi connectivity index (χ0n) is 14.1. The number of hydrogen-bond acceptors (Lipinski definition) is 5. The van der Waals surface area contributed by atoms with E-state index in [1.165, 1.54) is 11.5 Å². The molecule has 2 aromatic rings. The SMILES string of the molecule is COCCN1CCc2ncc(CN(C)Cc3ccco3)n2CC1. The first-order chi connectivity index (χ1) is 11.3. The van der Waals surface area contributed by atoms with Crippen molar-refractivity contribution in [3.63, 3.8) is 0 Å². The van der Waals surface area contributed by atoms with Crippen LogP contribution in [0, 0.1) is 0 Å². The van der Waals surface area contributed by atoms with Crippen molar-refractivity contribution in [2.75, 3.05) is 40.4 Å². The summed E-state index contributed by atoms with van der Waals surface area (Å²) >= 11 is 0. The molecule has 0 spiro atoms. The van der Waals surface area contributed by atoms with Crippen LogP contribution in [0.5, 0.6) is 0 Å². The minimum atomic E-state index is 0.793. The predicted molar refractivity (Wildman–Crippen MR) is 88.1 cm³/mol. The van der Waals surface area contributed by atoms with Gasteiger partial charge in [-0.15, -0.1) is 0 Å². The first-order valence-electron chi connectivity index (χ1n) is 8.22. The maximum absolute atomic E-state index is 5.42. The van der Waals surface area contributed by atoms with Crippen LogP contribution in [0.3, 0.4) is 0 Å². The summed E-state index contributed by atoms with van der Waals surface area (Å²) in [5.41, 5.74) is 1.28. The summed E-state index contributed by atoms with van der Waals surface area (Å²) in [6, 6.07) is 3.95. The van der Waals surface area contributed by atoms with E-state index >= 15 is 0 Å². The fourth-order valence-electron chi connectivity index (χ4n) is 3.11. The highest BCUT2D eigenvalue weighted by atomic mass is 16.5. The number of fused-ring (bicyclic) bond motifs is 1. The maximum atomic E-state index is 5.42. The standard InChI is InChI=1S/C17H26N4O2/c1-19(14-16-4-3-10-23-16)13-15-12-18-17-5-6-20(9-11-22-2)7-8-21(15)17/h3-4,10,12H,5-9,11,13-14H2,1-2H3. The van der Waals surface area contributed by atoms with Gasteiger partial charge in [-0.2, -0.15) is 0 Å². The summed E-state index contributed by atoms with van der Waals surface area (Å²) in [6.45, 7) is 6.60. The Kier molecular flexibility index (Phi) is 5.48. The van der Waals surface area contributed by atoms with Crippen molar-refractivity contribution in [1.82, 2.24) is 19.4 Å². The van der Waals surface area contributed by atoms with Gasteiger partial charge in [0.05, 0.1) is 25.1 Å². The molecule has 0 saturated carbocycles. The molecule has 0 aromatic carbocycles. The van der Waals surface area contributed by atoms with E-state index in [2.05, 4.69) is 26.4 Å². The van der Waals surface area contributed by atoms with Crippen molar-refractivity contribution in [1.29, 1.82) is 0 Å². The number of hydrogen-bond donors (Lipinski definition) is 0. The molecule has 1 aliphatic heterocycles. The van der Waals surface area contributed by atoms with Crippen LogP contribution in [0.2, 0.25) is 0 Å². The molecule has 0 N–H and O–H groups in total. The van der Waals surface area contributed by atoms with Crippen molar-refractivity contribution >= 4 is 0 Å². The van der Waals surface area contributed by atoms with Crippen molar-refractivity contribution in [3.05, 3.63) is 41.9 Å². The smallest absolute Gasteiger partial charge is 0.117 e. The van der Waals surface area contributed by atoms with Crippen LogP contribution in [-0.2, 0) is 30.8 Å². The van der Waals surface area contributed by atoms with E-state index < -0.39 is 0 Å². The summed E-state index contributed by atoms with van der Waals surface area (Å²) in [7, 11) is 3.87. The second-order valence-electron chi connectivity index (χ2n) is 6.15. The molecule has 6 heteroatoms. The van der Waals surface area contributed by atoms with Crippen LogP contribution in [0.15, 0.2) is 29.0 Å². The van der Waals surface area contributed by atoms with Gasteiger partial charge >= 0.3 is 0 Å². The van der Waals surface area contributed by atoms with Crippen LogP contribution in [-0.4, -0.2) is 59.7 Å². The molecule has 0 bridgehead atoms. The predicted octanol–water partition coefficient (Wildman–Crippen LogP) is 1.61. The zero-order valence-corrected chi connectivity index (χ0v) is 14.1. The van der Waals surface area contributed by atoms with Gasteiger partial charge in [0.1, 0.15) is 11.6 Å². The van der Waals surface area contributed by atoms with E-state index in [9.17, 15) is 0 Å². The minimum absolute atomic E-state index is 0.793. The second-order valence-corrected chi connectivity index (χ2v) is 6.15. The summed E-state index contributed by atoms with van der Waals surface area (Å²) in [6.07, 6.45) is 4.76. The monoisotopic (exact) mass is 318 g/mol. The Morgan fingerprint density at radius 2 is 2.22 bits per heavy atom. The third-order valence-corrected chi connectivity index (χ3v) is 4.36. The molecule has 0 aliphatic carbocycles. The third-order valence-electron chi connectivity index (χ3n) is 4.36. The molecule has 0 fully saturated rings. The second kappa shape index (κ2) is 7.77. The van der Waals surface area contributed by atoms with Crippen molar-refractivity contribution in [3.8, 4) is 0 Å². The van der Waals surface area contributed by atoms with Crippen molar-refractivity contribution in [2.24, 2.45) is 0 Å². The average Bonchev–Trinajstić information content (AvgIpc) is 3.12. The minimum Gasteiger partial charge on any atom is -0.468 e. The van der Waals surface area contributed by atoms with Gasteiger partial charge in [-0.3, -0.25) is 9.80 Å². The Morgan fingerprint density at radius 3 is 3.00 bits per heavy atom. The quantitative estimate of drug-likeness (QED) is 0.776. The number of methoxy groups -OCH3 is 1. The Bertz CT molecular complexity index is 594. The van der Waals surface area contributed by atoms with Crippen LogP contribution in [0.25, 0.3) is 0 Å². The number of nitrogens with zero attached hydrogens (tertiary/aromatic N) is 4. The number of rotatable bonds is 7. The lowest BCUT2D eigenvalue weighted by molar-refractivity contribution is 0.148. The molecule has 126 valence electrons. The molecule has 3 rings (SSSR count). The highest BCUT2D eigenvalue weighted by molar-refractivity contribution is 5.08. The van der Waals surface area contributed by atoms with Crippen LogP contribution < -0.4 is 0 Å². The first kappa shape index (κ1) is 16.2. The van der Waals surface area contributed by atoms with E-state index in [0.717, 1.165) is 58.1 Å². The van der Waals surface area contributed by atoms with Gasteiger partial charge in [0.25, 0.3) is 0 Å². The fourth-order valence-corrected chi connectivity index (χ4v) is 3.11. The normalized spacial score (nSPS) is 15.8. The molecule has 3 heterocycles. The van der Waals surface area contributed by atoms with E-state index in [1.54, 1.807) is 13.4 Å². The number of furan rings is 1. The molecule has 23 heavy (non-hydrogen) atoms. The summed E-state index contributed by atoms with van der Waals surface area (Å²) < 4.78 is 13.0. The van der Waals surface area contributed by atoms with Crippen molar-refractivity contribution in [2.45, 2.75) is 26.1 Å². The zero-order chi connectivity index (χ0) is 16.1. The fraction of sp³-hybridized carbons (Fsp3) is 0.588. The van der Waals surface area contributed by atoms with E-state index in [-0.39, 0.29) is 0 Å². The first-order valence-corrected chi connectivity index (χ1v) is 8.22. The van der Waals surface area contributed by atoms with Crippen LogP contribution in [0.1, 0.15) is 17.3 Å². The summed E-state index contributed by atoms with van der Waals surface area (Å²) in [5.74, 6) is 2.19. The van der Waals surface area contributed by atoms with Crippen LogP contribution >= 0.6 is 0 Å². The molecule has 0 amide bonds. The van der Waals surface area contributed by atoms with Gasteiger partial charge in [-0.25, -0.2) is 4.98 Å². The van der Waals surface area contributed by atoms with E-state index in [0.29, 0.717) is 0 Å². The van der Waals surface area contributed by atoms with Crippen molar-refractivity contribution < 1.29 is 9.15 Å². The Hall–Kier alpha value is -1.63. The number of aromatic nitrogens is 2. The van der Waals surface area contributed by atoms with Crippen LogP contribution in [0.4, 0.5) is 0 Å². The van der Waals surface area contributed by atoms with Gasteiger partial charge in [-0.05, 0) is 19.2 Å².